The lowest BCUT2D eigenvalue weighted by molar-refractivity contribution is 0.0600. The Hall–Kier alpha value is -2.69. The molecule has 0 spiro atoms. The summed E-state index contributed by atoms with van der Waals surface area (Å²) in [4.78, 5) is 26.7. The molecule has 0 saturated heterocycles. The van der Waals surface area contributed by atoms with E-state index in [9.17, 15) is 9.59 Å². The third-order valence-corrected chi connectivity index (χ3v) is 2.62. The van der Waals surface area contributed by atoms with Crippen LogP contribution in [0.15, 0.2) is 42.6 Å². The number of benzene rings is 1. The van der Waals surface area contributed by atoms with Crippen LogP contribution in [-0.2, 0) is 4.74 Å². The smallest absolute Gasteiger partial charge is 0.338 e. The van der Waals surface area contributed by atoms with Gasteiger partial charge in [0.1, 0.15) is 5.75 Å². The van der Waals surface area contributed by atoms with Crippen molar-refractivity contribution in [1.82, 2.24) is 4.98 Å². The van der Waals surface area contributed by atoms with Gasteiger partial charge in [-0.3, -0.25) is 4.79 Å². The molecule has 1 aromatic carbocycles. The van der Waals surface area contributed by atoms with Crippen LogP contribution < -0.4 is 4.74 Å². The molecule has 0 radical (unpaired) electrons. The minimum atomic E-state index is -0.463. The highest BCUT2D eigenvalue weighted by atomic mass is 16.5. The van der Waals surface area contributed by atoms with Crippen LogP contribution in [0.1, 0.15) is 27.6 Å². The number of aromatic nitrogens is 1. The lowest BCUT2D eigenvalue weighted by Gasteiger charge is -2.06. The first kappa shape index (κ1) is 13.7. The Morgan fingerprint density at radius 1 is 1.10 bits per heavy atom. The van der Waals surface area contributed by atoms with Gasteiger partial charge in [0.15, 0.2) is 5.78 Å². The van der Waals surface area contributed by atoms with E-state index >= 15 is 0 Å². The highest BCUT2D eigenvalue weighted by Gasteiger charge is 2.08. The second-order valence-electron chi connectivity index (χ2n) is 4.06. The van der Waals surface area contributed by atoms with Gasteiger partial charge in [0.25, 0.3) is 0 Å². The second kappa shape index (κ2) is 5.97. The number of ether oxygens (including phenoxy) is 2. The van der Waals surface area contributed by atoms with Crippen molar-refractivity contribution in [2.45, 2.75) is 6.92 Å². The summed E-state index contributed by atoms with van der Waals surface area (Å²) in [5.74, 6) is 0.224. The first-order valence-electron chi connectivity index (χ1n) is 5.93. The number of carbonyl (C=O) groups excluding carboxylic acids is 2. The summed E-state index contributed by atoms with van der Waals surface area (Å²) >= 11 is 0. The van der Waals surface area contributed by atoms with E-state index in [0.29, 0.717) is 16.9 Å². The highest BCUT2D eigenvalue weighted by molar-refractivity contribution is 5.94. The average Bonchev–Trinajstić information content (AvgIpc) is 2.47. The van der Waals surface area contributed by atoms with E-state index < -0.39 is 5.97 Å². The number of esters is 1. The van der Waals surface area contributed by atoms with Crippen LogP contribution in [0.5, 0.6) is 11.6 Å². The molecule has 0 atom stereocenters. The molecular formula is C15H13NO4. The van der Waals surface area contributed by atoms with Crippen LogP contribution in [0.3, 0.4) is 0 Å². The van der Waals surface area contributed by atoms with Gasteiger partial charge in [-0.25, -0.2) is 9.78 Å². The summed E-state index contributed by atoms with van der Waals surface area (Å²) in [5.41, 5.74) is 0.895. The van der Waals surface area contributed by atoms with Crippen LogP contribution >= 0.6 is 0 Å². The van der Waals surface area contributed by atoms with Crippen molar-refractivity contribution < 1.29 is 19.1 Å². The third kappa shape index (κ3) is 3.20. The number of ketones is 1. The normalized spacial score (nSPS) is 9.90. The van der Waals surface area contributed by atoms with Gasteiger partial charge in [0.05, 0.1) is 12.7 Å². The molecule has 0 fully saturated rings. The van der Waals surface area contributed by atoms with Crippen LogP contribution in [0.2, 0.25) is 0 Å². The van der Waals surface area contributed by atoms with Crippen LogP contribution in [0.25, 0.3) is 0 Å². The molecule has 0 amide bonds. The molecule has 0 saturated carbocycles. The Balaban J connectivity index is 2.24. The molecule has 0 aliphatic carbocycles. The minimum Gasteiger partial charge on any atom is -0.465 e. The SMILES string of the molecule is COC(=O)c1ccnc(Oc2cccc(C(C)=O)c2)c1. The molecule has 0 unspecified atom stereocenters. The Kier molecular flexibility index (Phi) is 4.10. The quantitative estimate of drug-likeness (QED) is 0.632. The predicted octanol–water partition coefficient (Wildman–Crippen LogP) is 2.86. The minimum absolute atomic E-state index is 0.0493. The largest absolute Gasteiger partial charge is 0.465 e. The van der Waals surface area contributed by atoms with E-state index in [4.69, 9.17) is 4.74 Å². The standard InChI is InChI=1S/C15H13NO4/c1-10(17)11-4-3-5-13(8-11)20-14-9-12(6-7-16-14)15(18)19-2/h3-9H,1-2H3. The van der Waals surface area contributed by atoms with Crippen molar-refractivity contribution in [3.8, 4) is 11.6 Å². The summed E-state index contributed by atoms with van der Waals surface area (Å²) in [7, 11) is 1.31. The predicted molar refractivity (Wildman–Crippen MR) is 72.1 cm³/mol. The molecule has 0 bridgehead atoms. The van der Waals surface area contributed by atoms with Gasteiger partial charge < -0.3 is 9.47 Å². The van der Waals surface area contributed by atoms with Gasteiger partial charge in [-0.05, 0) is 25.1 Å². The van der Waals surface area contributed by atoms with E-state index in [2.05, 4.69) is 9.72 Å². The number of methoxy groups -OCH3 is 1. The Labute approximate surface area is 116 Å². The monoisotopic (exact) mass is 271 g/mol. The zero-order valence-electron chi connectivity index (χ0n) is 11.1. The van der Waals surface area contributed by atoms with Crippen molar-refractivity contribution in [3.63, 3.8) is 0 Å². The van der Waals surface area contributed by atoms with Gasteiger partial charge in [0.2, 0.25) is 5.88 Å². The number of pyridine rings is 1. The Bertz CT molecular complexity index is 652. The zero-order chi connectivity index (χ0) is 14.5. The second-order valence-corrected chi connectivity index (χ2v) is 4.06. The first-order chi connectivity index (χ1) is 9.60. The van der Waals surface area contributed by atoms with Crippen molar-refractivity contribution in [2.24, 2.45) is 0 Å². The Morgan fingerprint density at radius 2 is 1.90 bits per heavy atom. The summed E-state index contributed by atoms with van der Waals surface area (Å²) in [5, 5.41) is 0. The van der Waals surface area contributed by atoms with Crippen molar-refractivity contribution in [3.05, 3.63) is 53.7 Å². The maximum absolute atomic E-state index is 11.4. The van der Waals surface area contributed by atoms with Crippen molar-refractivity contribution in [2.75, 3.05) is 7.11 Å². The molecule has 0 aliphatic rings. The summed E-state index contributed by atoms with van der Waals surface area (Å²) in [6, 6.07) is 9.76. The van der Waals surface area contributed by atoms with Gasteiger partial charge in [-0.2, -0.15) is 0 Å². The highest BCUT2D eigenvalue weighted by Crippen LogP contribution is 2.21. The van der Waals surface area contributed by atoms with Gasteiger partial charge >= 0.3 is 5.97 Å². The number of hydrogen-bond donors (Lipinski definition) is 0. The van der Waals surface area contributed by atoms with Crippen LogP contribution in [-0.4, -0.2) is 23.8 Å². The summed E-state index contributed by atoms with van der Waals surface area (Å²) in [6.07, 6.45) is 1.45. The maximum atomic E-state index is 11.4. The fourth-order valence-electron chi connectivity index (χ4n) is 1.61. The lowest BCUT2D eigenvalue weighted by Crippen LogP contribution is -2.02. The summed E-state index contributed by atoms with van der Waals surface area (Å²) < 4.78 is 10.2. The molecule has 5 nitrogen and oxygen atoms in total. The van der Waals surface area contributed by atoms with Gasteiger partial charge in [0, 0.05) is 17.8 Å². The number of Topliss-reactive ketones (excluding diaryl/α,β-unsaturated/α-hetero) is 1. The number of hydrogen-bond acceptors (Lipinski definition) is 5. The summed E-state index contributed by atoms with van der Waals surface area (Å²) in [6.45, 7) is 1.48. The third-order valence-electron chi connectivity index (χ3n) is 2.62. The molecule has 5 heteroatoms. The van der Waals surface area contributed by atoms with E-state index in [-0.39, 0.29) is 11.7 Å². The van der Waals surface area contributed by atoms with Crippen molar-refractivity contribution in [1.29, 1.82) is 0 Å². The molecule has 0 aliphatic heterocycles. The molecule has 1 heterocycles. The number of nitrogens with zero attached hydrogens (tertiary/aromatic N) is 1. The first-order valence-corrected chi connectivity index (χ1v) is 5.93. The molecular weight excluding hydrogens is 258 g/mol. The number of rotatable bonds is 4. The fourth-order valence-corrected chi connectivity index (χ4v) is 1.61. The molecule has 0 N–H and O–H groups in total. The van der Waals surface area contributed by atoms with Crippen molar-refractivity contribution >= 4 is 11.8 Å². The number of carbonyl (C=O) groups is 2. The Morgan fingerprint density at radius 3 is 2.60 bits per heavy atom. The average molecular weight is 271 g/mol. The molecule has 20 heavy (non-hydrogen) atoms. The fraction of sp³-hybridized carbons (Fsp3) is 0.133. The van der Waals surface area contributed by atoms with E-state index in [1.54, 1.807) is 24.3 Å². The maximum Gasteiger partial charge on any atom is 0.338 e. The zero-order valence-corrected chi connectivity index (χ0v) is 11.1. The molecule has 2 rings (SSSR count). The van der Waals surface area contributed by atoms with Crippen LogP contribution in [0.4, 0.5) is 0 Å². The van der Waals surface area contributed by atoms with E-state index in [1.165, 1.54) is 32.4 Å². The molecule has 102 valence electrons. The van der Waals surface area contributed by atoms with E-state index in [1.807, 2.05) is 0 Å². The lowest BCUT2D eigenvalue weighted by atomic mass is 10.1. The van der Waals surface area contributed by atoms with Gasteiger partial charge in [-0.1, -0.05) is 12.1 Å². The van der Waals surface area contributed by atoms with Gasteiger partial charge in [-0.15, -0.1) is 0 Å². The molecule has 2 aromatic rings. The molecule has 1 aromatic heterocycles. The van der Waals surface area contributed by atoms with Crippen LogP contribution in [0, 0.1) is 0 Å². The topological polar surface area (TPSA) is 65.5 Å². The van der Waals surface area contributed by atoms with E-state index in [0.717, 1.165) is 0 Å².